The Hall–Kier alpha value is -1.65. The molecule has 0 fully saturated rings. The van der Waals surface area contributed by atoms with Gasteiger partial charge in [0.1, 0.15) is 28.9 Å². The van der Waals surface area contributed by atoms with Gasteiger partial charge in [-0.05, 0) is 72.0 Å². The van der Waals surface area contributed by atoms with Gasteiger partial charge in [0.05, 0.1) is 0 Å². The zero-order chi connectivity index (χ0) is 41.9. The van der Waals surface area contributed by atoms with E-state index in [1.165, 1.54) is 12.8 Å². The van der Waals surface area contributed by atoms with E-state index in [0.717, 1.165) is 32.1 Å². The Labute approximate surface area is 335 Å². The topological polar surface area (TPSA) is 85.3 Å². The monoisotopic (exact) mass is 759 g/mol. The molecule has 5 nitrogen and oxygen atoms in total. The first-order valence-electron chi connectivity index (χ1n) is 22.7. The van der Waals surface area contributed by atoms with Crippen LogP contribution >= 0.6 is 0 Å². The van der Waals surface area contributed by atoms with Crippen molar-refractivity contribution in [1.82, 2.24) is 0 Å². The average molecular weight is 759 g/mol. The van der Waals surface area contributed by atoms with E-state index in [-0.39, 0.29) is 101 Å². The molecule has 10 atom stereocenters. The first-order chi connectivity index (χ1) is 25.1. The van der Waals surface area contributed by atoms with Gasteiger partial charge in [-0.25, -0.2) is 0 Å². The van der Waals surface area contributed by atoms with Gasteiger partial charge in [0, 0.05) is 62.2 Å². The number of carbonyl (C=O) groups excluding carboxylic acids is 5. The Morgan fingerprint density at radius 3 is 1.37 bits per heavy atom. The fraction of sp³-hybridized carbons (Fsp3) is 0.898. The van der Waals surface area contributed by atoms with Crippen molar-refractivity contribution in [3.8, 4) is 0 Å². The third-order valence-corrected chi connectivity index (χ3v) is 14.0. The predicted molar refractivity (Wildman–Crippen MR) is 229 cm³/mol. The molecule has 0 amide bonds. The molecule has 0 bridgehead atoms. The number of carbonyl (C=O) groups is 5. The molecule has 0 rings (SSSR count). The molecule has 0 N–H and O–H groups in total. The molecule has 0 aliphatic rings. The van der Waals surface area contributed by atoms with Crippen LogP contribution in [0.15, 0.2) is 0 Å². The van der Waals surface area contributed by atoms with Crippen molar-refractivity contribution in [2.75, 3.05) is 0 Å². The Morgan fingerprint density at radius 1 is 0.407 bits per heavy atom. The lowest BCUT2D eigenvalue weighted by Crippen LogP contribution is -2.33. The molecule has 0 aliphatic heterocycles. The summed E-state index contributed by atoms with van der Waals surface area (Å²) in [5.41, 5.74) is 0. The summed E-state index contributed by atoms with van der Waals surface area (Å²) in [6.45, 7) is 34.1. The zero-order valence-electron chi connectivity index (χ0n) is 38.5. The van der Waals surface area contributed by atoms with Gasteiger partial charge in [-0.3, -0.25) is 24.0 Å². The highest BCUT2D eigenvalue weighted by molar-refractivity contribution is 5.92. The Bertz CT molecular complexity index is 1100. The van der Waals surface area contributed by atoms with Crippen LogP contribution in [0.3, 0.4) is 0 Å². The fourth-order valence-electron chi connectivity index (χ4n) is 8.50. The first-order valence-corrected chi connectivity index (χ1v) is 22.7. The summed E-state index contributed by atoms with van der Waals surface area (Å²) in [5.74, 6) is 2.49. The number of hydrogen-bond donors (Lipinski definition) is 0. The van der Waals surface area contributed by atoms with Crippen molar-refractivity contribution < 1.29 is 24.0 Å². The standard InChI is InChI=1S/C49H90O5/c1-17-35(12)22-20-21-23-40(47(52)27-42(32(6)7)36(13)18-2)26-41(50)25-24-38(15)43(33(8)9)28-49(54)45(37(14)19-3)30-48(53)44(34(10)11)29-46(51)39(16)31(4)5/h31-40,42-45H,17-30H2,1-16H3. The van der Waals surface area contributed by atoms with Crippen LogP contribution in [0.25, 0.3) is 0 Å². The summed E-state index contributed by atoms with van der Waals surface area (Å²) in [6.07, 6.45) is 9.95. The van der Waals surface area contributed by atoms with Crippen molar-refractivity contribution in [2.45, 2.75) is 201 Å². The summed E-state index contributed by atoms with van der Waals surface area (Å²) in [6, 6.07) is 0. The molecule has 0 spiro atoms. The van der Waals surface area contributed by atoms with Crippen LogP contribution in [-0.2, 0) is 24.0 Å². The second-order valence-electron chi connectivity index (χ2n) is 19.5. The molecule has 54 heavy (non-hydrogen) atoms. The molecule has 0 heterocycles. The Kier molecular flexibility index (Phi) is 26.2. The molecule has 0 aromatic heterocycles. The van der Waals surface area contributed by atoms with E-state index in [4.69, 9.17) is 0 Å². The molecule has 5 heteroatoms. The van der Waals surface area contributed by atoms with Gasteiger partial charge in [0.25, 0.3) is 0 Å². The smallest absolute Gasteiger partial charge is 0.137 e. The number of Topliss-reactive ketones (excluding diaryl/α,β-unsaturated/α-hetero) is 5. The Morgan fingerprint density at radius 2 is 0.889 bits per heavy atom. The van der Waals surface area contributed by atoms with Crippen LogP contribution in [0.5, 0.6) is 0 Å². The van der Waals surface area contributed by atoms with Gasteiger partial charge >= 0.3 is 0 Å². The maximum atomic E-state index is 14.1. The number of hydrogen-bond acceptors (Lipinski definition) is 5. The van der Waals surface area contributed by atoms with Crippen LogP contribution in [-0.4, -0.2) is 28.9 Å². The molecule has 0 aromatic carbocycles. The Balaban J connectivity index is 5.83. The molecule has 316 valence electrons. The van der Waals surface area contributed by atoms with E-state index in [9.17, 15) is 24.0 Å². The summed E-state index contributed by atoms with van der Waals surface area (Å²) >= 11 is 0. The maximum absolute atomic E-state index is 14.1. The average Bonchev–Trinajstić information content (AvgIpc) is 3.11. The van der Waals surface area contributed by atoms with Gasteiger partial charge in [-0.1, -0.05) is 149 Å². The van der Waals surface area contributed by atoms with Crippen LogP contribution in [0.2, 0.25) is 0 Å². The highest BCUT2D eigenvalue weighted by atomic mass is 16.1. The number of ketones is 5. The zero-order valence-corrected chi connectivity index (χ0v) is 38.5. The fourth-order valence-corrected chi connectivity index (χ4v) is 8.50. The van der Waals surface area contributed by atoms with Crippen molar-refractivity contribution >= 4 is 28.9 Å². The summed E-state index contributed by atoms with van der Waals surface area (Å²) in [4.78, 5) is 68.5. The van der Waals surface area contributed by atoms with Crippen molar-refractivity contribution in [1.29, 1.82) is 0 Å². The molecular weight excluding hydrogens is 669 g/mol. The summed E-state index contributed by atoms with van der Waals surface area (Å²) in [5, 5.41) is 0. The molecule has 0 aromatic rings. The van der Waals surface area contributed by atoms with Crippen LogP contribution in [0.1, 0.15) is 201 Å². The van der Waals surface area contributed by atoms with Crippen LogP contribution in [0.4, 0.5) is 0 Å². The van der Waals surface area contributed by atoms with Crippen LogP contribution < -0.4 is 0 Å². The molecule has 0 radical (unpaired) electrons. The lowest BCUT2D eigenvalue weighted by molar-refractivity contribution is -0.135. The molecule has 10 unspecified atom stereocenters. The van der Waals surface area contributed by atoms with E-state index in [1.54, 1.807) is 0 Å². The molecule has 0 saturated heterocycles. The minimum absolute atomic E-state index is 0.0330. The second-order valence-corrected chi connectivity index (χ2v) is 19.5. The quantitative estimate of drug-likeness (QED) is 0.0638. The lowest BCUT2D eigenvalue weighted by Gasteiger charge is -2.31. The van der Waals surface area contributed by atoms with Crippen LogP contribution in [0, 0.1) is 82.9 Å². The molecular formula is C49H90O5. The van der Waals surface area contributed by atoms with Gasteiger partial charge in [-0.15, -0.1) is 0 Å². The van der Waals surface area contributed by atoms with E-state index >= 15 is 0 Å². The summed E-state index contributed by atoms with van der Waals surface area (Å²) < 4.78 is 0. The van der Waals surface area contributed by atoms with E-state index < -0.39 is 0 Å². The highest BCUT2D eigenvalue weighted by Gasteiger charge is 2.35. The number of rotatable bonds is 32. The van der Waals surface area contributed by atoms with Gasteiger partial charge in [0.2, 0.25) is 0 Å². The van der Waals surface area contributed by atoms with Crippen molar-refractivity contribution in [2.24, 2.45) is 82.9 Å². The SMILES string of the molecule is CCC(C)CCCCC(CC(=O)CCC(C)C(CC(=O)C(CC(=O)C(CC(=O)C(C)C(C)C)C(C)C)C(C)CC)C(C)C)C(=O)CC(C(C)C)C(C)CC. The minimum atomic E-state index is -0.370. The van der Waals surface area contributed by atoms with E-state index in [2.05, 4.69) is 76.2 Å². The second kappa shape index (κ2) is 27.1. The lowest BCUT2D eigenvalue weighted by atomic mass is 9.72. The largest absolute Gasteiger partial charge is 0.300 e. The van der Waals surface area contributed by atoms with Crippen molar-refractivity contribution in [3.05, 3.63) is 0 Å². The van der Waals surface area contributed by atoms with E-state index in [0.29, 0.717) is 55.8 Å². The highest BCUT2D eigenvalue weighted by Crippen LogP contribution is 2.35. The predicted octanol–water partition coefficient (Wildman–Crippen LogP) is 13.2. The third-order valence-electron chi connectivity index (χ3n) is 14.0. The third kappa shape index (κ3) is 19.0. The minimum Gasteiger partial charge on any atom is -0.300 e. The molecule has 0 aliphatic carbocycles. The molecule has 0 saturated carbocycles. The number of unbranched alkanes of at least 4 members (excludes halogenated alkanes) is 1. The van der Waals surface area contributed by atoms with E-state index in [1.807, 2.05) is 34.6 Å². The maximum Gasteiger partial charge on any atom is 0.137 e. The van der Waals surface area contributed by atoms with Gasteiger partial charge < -0.3 is 0 Å². The van der Waals surface area contributed by atoms with Crippen molar-refractivity contribution in [3.63, 3.8) is 0 Å². The summed E-state index contributed by atoms with van der Waals surface area (Å²) in [7, 11) is 0. The van der Waals surface area contributed by atoms with Gasteiger partial charge in [-0.2, -0.15) is 0 Å². The first kappa shape index (κ1) is 52.3. The normalized spacial score (nSPS) is 17.9. The van der Waals surface area contributed by atoms with Gasteiger partial charge in [0.15, 0.2) is 0 Å².